The van der Waals surface area contributed by atoms with E-state index in [0.29, 0.717) is 5.92 Å². The number of hydrogen-bond donors (Lipinski definition) is 1. The maximum atomic E-state index is 12.0. The Hall–Kier alpha value is -2.10. The number of amides is 1. The van der Waals surface area contributed by atoms with Crippen LogP contribution in [0.2, 0.25) is 0 Å². The van der Waals surface area contributed by atoms with Crippen LogP contribution in [-0.4, -0.2) is 15.6 Å². The molecular formula is C14H15N3O. The molecule has 1 heterocycles. The topological polar surface area (TPSA) is 46.9 Å². The van der Waals surface area contributed by atoms with Gasteiger partial charge in [0.25, 0.3) is 0 Å². The SMILES string of the molecule is O=C(NC(c1ccccc1)C1CC1)n1ccnc1. The minimum Gasteiger partial charge on any atom is -0.330 e. The van der Waals surface area contributed by atoms with Gasteiger partial charge in [0, 0.05) is 12.4 Å². The number of nitrogens with zero attached hydrogens (tertiary/aromatic N) is 2. The van der Waals surface area contributed by atoms with E-state index in [1.54, 1.807) is 12.4 Å². The number of benzene rings is 1. The smallest absolute Gasteiger partial charge is 0.327 e. The van der Waals surface area contributed by atoms with Gasteiger partial charge in [0.15, 0.2) is 0 Å². The molecule has 1 N–H and O–H groups in total. The van der Waals surface area contributed by atoms with Gasteiger partial charge in [0.2, 0.25) is 0 Å². The number of nitrogens with one attached hydrogen (secondary N) is 1. The van der Waals surface area contributed by atoms with E-state index in [1.165, 1.54) is 29.3 Å². The Morgan fingerprint density at radius 1 is 1.33 bits per heavy atom. The van der Waals surface area contributed by atoms with Gasteiger partial charge in [-0.3, -0.25) is 4.57 Å². The Kier molecular flexibility index (Phi) is 2.84. The van der Waals surface area contributed by atoms with E-state index in [9.17, 15) is 4.79 Å². The molecule has 1 amide bonds. The predicted molar refractivity (Wildman–Crippen MR) is 68.1 cm³/mol. The molecular weight excluding hydrogens is 226 g/mol. The fraction of sp³-hybridized carbons (Fsp3) is 0.286. The van der Waals surface area contributed by atoms with Crippen LogP contribution in [0.4, 0.5) is 4.79 Å². The molecule has 1 fully saturated rings. The molecule has 1 aromatic carbocycles. The third-order valence-electron chi connectivity index (χ3n) is 3.27. The molecule has 1 saturated carbocycles. The molecule has 1 aliphatic rings. The van der Waals surface area contributed by atoms with Crippen LogP contribution in [0, 0.1) is 5.92 Å². The van der Waals surface area contributed by atoms with Crippen molar-refractivity contribution in [3.63, 3.8) is 0 Å². The summed E-state index contributed by atoms with van der Waals surface area (Å²) in [7, 11) is 0. The highest BCUT2D eigenvalue weighted by Gasteiger charge is 2.33. The molecule has 0 radical (unpaired) electrons. The summed E-state index contributed by atoms with van der Waals surface area (Å²) in [6.07, 6.45) is 7.15. The Morgan fingerprint density at radius 2 is 2.11 bits per heavy atom. The summed E-state index contributed by atoms with van der Waals surface area (Å²) in [6.45, 7) is 0. The van der Waals surface area contributed by atoms with E-state index >= 15 is 0 Å². The Morgan fingerprint density at radius 3 is 2.72 bits per heavy atom. The first-order chi connectivity index (χ1) is 8.84. The van der Waals surface area contributed by atoms with Gasteiger partial charge in [-0.15, -0.1) is 0 Å². The third-order valence-corrected chi connectivity index (χ3v) is 3.27. The third kappa shape index (κ3) is 2.27. The lowest BCUT2D eigenvalue weighted by Crippen LogP contribution is -2.32. The minimum absolute atomic E-state index is 0.112. The molecule has 1 aliphatic carbocycles. The van der Waals surface area contributed by atoms with E-state index in [1.807, 2.05) is 18.2 Å². The molecule has 1 unspecified atom stereocenters. The van der Waals surface area contributed by atoms with E-state index < -0.39 is 0 Å². The number of carbonyl (C=O) groups excluding carboxylic acids is 1. The standard InChI is InChI=1S/C14H15N3O/c18-14(17-9-8-15-10-17)16-13(12-6-7-12)11-4-2-1-3-5-11/h1-5,8-10,12-13H,6-7H2,(H,16,18). The molecule has 1 atom stereocenters. The van der Waals surface area contributed by atoms with Gasteiger partial charge in [0.1, 0.15) is 6.33 Å². The average Bonchev–Trinajstić information content (AvgIpc) is 3.10. The van der Waals surface area contributed by atoms with Crippen molar-refractivity contribution in [3.05, 3.63) is 54.6 Å². The highest BCUT2D eigenvalue weighted by Crippen LogP contribution is 2.40. The number of aromatic nitrogens is 2. The van der Waals surface area contributed by atoms with Gasteiger partial charge in [0.05, 0.1) is 6.04 Å². The zero-order valence-electron chi connectivity index (χ0n) is 9.99. The number of imidazole rings is 1. The summed E-state index contributed by atoms with van der Waals surface area (Å²) in [5.74, 6) is 0.569. The first-order valence-corrected chi connectivity index (χ1v) is 6.18. The van der Waals surface area contributed by atoms with Gasteiger partial charge >= 0.3 is 6.03 Å². The van der Waals surface area contributed by atoms with Crippen LogP contribution in [0.15, 0.2) is 49.1 Å². The molecule has 0 aliphatic heterocycles. The number of rotatable bonds is 3. The van der Waals surface area contributed by atoms with Gasteiger partial charge < -0.3 is 5.32 Å². The van der Waals surface area contributed by atoms with Crippen molar-refractivity contribution >= 4 is 6.03 Å². The molecule has 18 heavy (non-hydrogen) atoms. The lowest BCUT2D eigenvalue weighted by atomic mass is 10.0. The highest BCUT2D eigenvalue weighted by atomic mass is 16.2. The fourth-order valence-corrected chi connectivity index (χ4v) is 2.15. The van der Waals surface area contributed by atoms with E-state index in [4.69, 9.17) is 0 Å². The zero-order valence-corrected chi connectivity index (χ0v) is 9.99. The molecule has 0 spiro atoms. The Bertz CT molecular complexity index is 517. The lowest BCUT2D eigenvalue weighted by Gasteiger charge is -2.18. The number of hydrogen-bond acceptors (Lipinski definition) is 2. The van der Waals surface area contributed by atoms with Crippen molar-refractivity contribution in [1.29, 1.82) is 0 Å². The molecule has 4 heteroatoms. The molecule has 1 aromatic heterocycles. The highest BCUT2D eigenvalue weighted by molar-refractivity contribution is 5.77. The number of carbonyl (C=O) groups is 1. The summed E-state index contributed by atoms with van der Waals surface area (Å²) in [6, 6.07) is 10.1. The van der Waals surface area contributed by atoms with Gasteiger partial charge in [-0.1, -0.05) is 30.3 Å². The van der Waals surface area contributed by atoms with Crippen LogP contribution in [-0.2, 0) is 0 Å². The maximum Gasteiger partial charge on any atom is 0.327 e. The Balaban J connectivity index is 1.77. The second-order valence-corrected chi connectivity index (χ2v) is 4.65. The van der Waals surface area contributed by atoms with Crippen LogP contribution in [0.3, 0.4) is 0 Å². The Labute approximate surface area is 106 Å². The van der Waals surface area contributed by atoms with Crippen LogP contribution in [0.5, 0.6) is 0 Å². The van der Waals surface area contributed by atoms with Crippen molar-refractivity contribution < 1.29 is 4.79 Å². The van der Waals surface area contributed by atoms with Gasteiger partial charge in [-0.25, -0.2) is 9.78 Å². The van der Waals surface area contributed by atoms with Crippen molar-refractivity contribution in [1.82, 2.24) is 14.9 Å². The molecule has 0 saturated heterocycles. The maximum absolute atomic E-state index is 12.0. The summed E-state index contributed by atoms with van der Waals surface area (Å²) in [5, 5.41) is 3.08. The molecule has 3 rings (SSSR count). The van der Waals surface area contributed by atoms with Crippen molar-refractivity contribution in [2.75, 3.05) is 0 Å². The van der Waals surface area contributed by atoms with Crippen molar-refractivity contribution in [2.24, 2.45) is 5.92 Å². The van der Waals surface area contributed by atoms with Crippen LogP contribution in [0.25, 0.3) is 0 Å². The van der Waals surface area contributed by atoms with E-state index in [0.717, 1.165) is 0 Å². The van der Waals surface area contributed by atoms with Crippen molar-refractivity contribution in [2.45, 2.75) is 18.9 Å². The molecule has 4 nitrogen and oxygen atoms in total. The monoisotopic (exact) mass is 241 g/mol. The van der Waals surface area contributed by atoms with Crippen molar-refractivity contribution in [3.8, 4) is 0 Å². The van der Waals surface area contributed by atoms with Gasteiger partial charge in [-0.2, -0.15) is 0 Å². The zero-order chi connectivity index (χ0) is 12.4. The summed E-state index contributed by atoms with van der Waals surface area (Å²) >= 11 is 0. The fourth-order valence-electron chi connectivity index (χ4n) is 2.15. The normalized spacial score (nSPS) is 16.2. The average molecular weight is 241 g/mol. The summed E-state index contributed by atoms with van der Waals surface area (Å²) in [5.41, 5.74) is 1.17. The van der Waals surface area contributed by atoms with Gasteiger partial charge in [-0.05, 0) is 24.3 Å². The van der Waals surface area contributed by atoms with E-state index in [-0.39, 0.29) is 12.1 Å². The van der Waals surface area contributed by atoms with Crippen LogP contribution >= 0.6 is 0 Å². The second-order valence-electron chi connectivity index (χ2n) is 4.65. The van der Waals surface area contributed by atoms with Crippen LogP contribution < -0.4 is 5.32 Å². The molecule has 0 bridgehead atoms. The second kappa shape index (κ2) is 4.64. The largest absolute Gasteiger partial charge is 0.330 e. The minimum atomic E-state index is -0.117. The molecule has 2 aromatic rings. The quantitative estimate of drug-likeness (QED) is 0.897. The first kappa shape index (κ1) is 11.0. The van der Waals surface area contributed by atoms with E-state index in [2.05, 4.69) is 22.4 Å². The summed E-state index contributed by atoms with van der Waals surface area (Å²) < 4.78 is 1.47. The van der Waals surface area contributed by atoms with Crippen LogP contribution in [0.1, 0.15) is 24.4 Å². The lowest BCUT2D eigenvalue weighted by molar-refractivity contribution is 0.237. The first-order valence-electron chi connectivity index (χ1n) is 6.18. The predicted octanol–water partition coefficient (Wildman–Crippen LogP) is 2.59. The molecule has 92 valence electrons. The summed E-state index contributed by atoms with van der Waals surface area (Å²) in [4.78, 5) is 15.9.